The Kier molecular flexibility index (Phi) is 3.34. The maximum Gasteiger partial charge on any atom is 0.246 e. The van der Waals surface area contributed by atoms with E-state index in [-0.39, 0.29) is 5.91 Å². The van der Waals surface area contributed by atoms with Crippen molar-refractivity contribution in [2.45, 2.75) is 19.9 Å². The van der Waals surface area contributed by atoms with Crippen LogP contribution in [0.2, 0.25) is 5.02 Å². The number of amides is 1. The zero-order valence-electron chi connectivity index (χ0n) is 12.8. The molecule has 0 aromatic heterocycles. The second kappa shape index (κ2) is 5.39. The number of benzene rings is 2. The van der Waals surface area contributed by atoms with Gasteiger partial charge in [-0.15, -0.1) is 0 Å². The molecule has 0 saturated carbocycles. The standard InChI is InChI=1S/C18H16ClN3O/c1-2-11-3-5-12(6-4-11)13-7-8-15-14(17(13)19)9-22-10-16(23)21-18(22)20-15/h3-8H,2,9-10H2,1H3,(H,20,21,23). The van der Waals surface area contributed by atoms with E-state index in [4.69, 9.17) is 11.6 Å². The van der Waals surface area contributed by atoms with Crippen LogP contribution >= 0.6 is 11.6 Å². The van der Waals surface area contributed by atoms with E-state index < -0.39 is 0 Å². The summed E-state index contributed by atoms with van der Waals surface area (Å²) in [6, 6.07) is 12.4. The summed E-state index contributed by atoms with van der Waals surface area (Å²) in [6.45, 7) is 3.08. The van der Waals surface area contributed by atoms with Crippen LogP contribution in [-0.4, -0.2) is 23.3 Å². The number of fused-ring (bicyclic) bond motifs is 2. The molecule has 0 radical (unpaired) electrons. The average Bonchev–Trinajstić information content (AvgIpc) is 2.93. The molecule has 1 amide bonds. The van der Waals surface area contributed by atoms with Gasteiger partial charge < -0.3 is 4.90 Å². The Hall–Kier alpha value is -2.33. The Balaban J connectivity index is 1.76. The number of aliphatic imine (C=N–C) groups is 1. The number of halogens is 1. The van der Waals surface area contributed by atoms with E-state index in [0.717, 1.165) is 28.8 Å². The van der Waals surface area contributed by atoms with Crippen molar-refractivity contribution in [2.24, 2.45) is 4.99 Å². The highest BCUT2D eigenvalue weighted by Gasteiger charge is 2.30. The molecule has 116 valence electrons. The minimum absolute atomic E-state index is 0.0249. The SMILES string of the molecule is CCc1ccc(-c2ccc3c(c2Cl)CN2CC(=O)NC2=N3)cc1. The monoisotopic (exact) mass is 325 g/mol. The Morgan fingerprint density at radius 1 is 1.17 bits per heavy atom. The number of carbonyl (C=O) groups is 1. The minimum atomic E-state index is -0.0249. The smallest absolute Gasteiger partial charge is 0.246 e. The number of aryl methyl sites for hydroxylation is 1. The highest BCUT2D eigenvalue weighted by molar-refractivity contribution is 6.34. The van der Waals surface area contributed by atoms with Crippen molar-refractivity contribution in [3.05, 3.63) is 52.5 Å². The molecular formula is C18H16ClN3O. The molecule has 2 aromatic carbocycles. The summed E-state index contributed by atoms with van der Waals surface area (Å²) in [5.74, 6) is 0.599. The molecule has 23 heavy (non-hydrogen) atoms. The van der Waals surface area contributed by atoms with Crippen molar-refractivity contribution in [1.82, 2.24) is 10.2 Å². The molecule has 4 nitrogen and oxygen atoms in total. The van der Waals surface area contributed by atoms with Crippen LogP contribution in [0, 0.1) is 0 Å². The van der Waals surface area contributed by atoms with Gasteiger partial charge in [-0.25, -0.2) is 4.99 Å². The molecule has 0 atom stereocenters. The Morgan fingerprint density at radius 2 is 1.96 bits per heavy atom. The van der Waals surface area contributed by atoms with Gasteiger partial charge in [0, 0.05) is 17.7 Å². The van der Waals surface area contributed by atoms with Crippen molar-refractivity contribution in [1.29, 1.82) is 0 Å². The van der Waals surface area contributed by atoms with Gasteiger partial charge in [0.15, 0.2) is 0 Å². The van der Waals surface area contributed by atoms with Gasteiger partial charge in [-0.3, -0.25) is 10.1 Å². The third-order valence-corrected chi connectivity index (χ3v) is 4.78. The topological polar surface area (TPSA) is 44.7 Å². The second-order valence-corrected chi connectivity index (χ2v) is 6.19. The van der Waals surface area contributed by atoms with Gasteiger partial charge in [0.1, 0.15) is 6.54 Å². The van der Waals surface area contributed by atoms with E-state index >= 15 is 0 Å². The van der Waals surface area contributed by atoms with E-state index in [1.807, 2.05) is 17.0 Å². The van der Waals surface area contributed by atoms with E-state index in [1.165, 1.54) is 5.56 Å². The summed E-state index contributed by atoms with van der Waals surface area (Å²) < 4.78 is 0. The molecule has 2 heterocycles. The van der Waals surface area contributed by atoms with Crippen LogP contribution in [0.1, 0.15) is 18.1 Å². The lowest BCUT2D eigenvalue weighted by atomic mass is 9.99. The first-order valence-electron chi connectivity index (χ1n) is 7.70. The predicted octanol–water partition coefficient (Wildman–Crippen LogP) is 3.50. The summed E-state index contributed by atoms with van der Waals surface area (Å²) >= 11 is 6.66. The molecule has 2 aromatic rings. The van der Waals surface area contributed by atoms with Gasteiger partial charge in [0.05, 0.1) is 10.7 Å². The molecule has 1 saturated heterocycles. The normalized spacial score (nSPS) is 15.8. The van der Waals surface area contributed by atoms with Gasteiger partial charge in [-0.05, 0) is 23.6 Å². The number of carbonyl (C=O) groups excluding carboxylic acids is 1. The summed E-state index contributed by atoms with van der Waals surface area (Å²) in [6.07, 6.45) is 1.02. The van der Waals surface area contributed by atoms with Crippen LogP contribution in [-0.2, 0) is 17.8 Å². The molecule has 0 aliphatic carbocycles. The van der Waals surface area contributed by atoms with Crippen LogP contribution < -0.4 is 5.32 Å². The van der Waals surface area contributed by atoms with Gasteiger partial charge in [0.2, 0.25) is 11.9 Å². The highest BCUT2D eigenvalue weighted by Crippen LogP contribution is 2.39. The minimum Gasteiger partial charge on any atom is -0.329 e. The van der Waals surface area contributed by atoms with Crippen LogP contribution in [0.4, 0.5) is 5.69 Å². The quantitative estimate of drug-likeness (QED) is 0.918. The zero-order valence-corrected chi connectivity index (χ0v) is 13.5. The fraction of sp³-hybridized carbons (Fsp3) is 0.222. The molecule has 5 heteroatoms. The summed E-state index contributed by atoms with van der Waals surface area (Å²) in [4.78, 5) is 18.0. The molecule has 1 fully saturated rings. The number of guanidine groups is 1. The first-order valence-corrected chi connectivity index (χ1v) is 8.07. The fourth-order valence-corrected chi connectivity index (χ4v) is 3.36. The molecular weight excluding hydrogens is 310 g/mol. The van der Waals surface area contributed by atoms with Gasteiger partial charge in [0.25, 0.3) is 0 Å². The van der Waals surface area contributed by atoms with Crippen molar-refractivity contribution < 1.29 is 4.79 Å². The van der Waals surface area contributed by atoms with E-state index in [0.29, 0.717) is 24.1 Å². The van der Waals surface area contributed by atoms with Crippen molar-refractivity contribution >= 4 is 29.2 Å². The lowest BCUT2D eigenvalue weighted by Gasteiger charge is -2.24. The number of nitrogens with one attached hydrogen (secondary N) is 1. The second-order valence-electron chi connectivity index (χ2n) is 5.81. The molecule has 0 spiro atoms. The number of nitrogens with zero attached hydrogens (tertiary/aromatic N) is 2. The molecule has 4 rings (SSSR count). The van der Waals surface area contributed by atoms with Crippen LogP contribution in [0.15, 0.2) is 41.4 Å². The molecule has 2 aliphatic rings. The first-order chi connectivity index (χ1) is 11.2. The number of rotatable bonds is 2. The maximum absolute atomic E-state index is 11.5. The van der Waals surface area contributed by atoms with E-state index in [2.05, 4.69) is 41.5 Å². The first kappa shape index (κ1) is 14.3. The lowest BCUT2D eigenvalue weighted by molar-refractivity contribution is -0.118. The van der Waals surface area contributed by atoms with Gasteiger partial charge in [-0.1, -0.05) is 48.9 Å². The molecule has 1 N–H and O–H groups in total. The molecule has 2 aliphatic heterocycles. The predicted molar refractivity (Wildman–Crippen MR) is 91.9 cm³/mol. The maximum atomic E-state index is 11.5. The Labute approximate surface area is 139 Å². The zero-order chi connectivity index (χ0) is 16.0. The van der Waals surface area contributed by atoms with E-state index in [9.17, 15) is 4.79 Å². The lowest BCUT2D eigenvalue weighted by Crippen LogP contribution is -2.32. The fourth-order valence-electron chi connectivity index (χ4n) is 3.04. The summed E-state index contributed by atoms with van der Waals surface area (Å²) in [5, 5.41) is 3.49. The van der Waals surface area contributed by atoms with Crippen molar-refractivity contribution in [3.8, 4) is 11.1 Å². The number of hydrogen-bond donors (Lipinski definition) is 1. The molecule has 0 unspecified atom stereocenters. The van der Waals surface area contributed by atoms with Gasteiger partial charge >= 0.3 is 0 Å². The summed E-state index contributed by atoms with van der Waals surface area (Å²) in [5.41, 5.74) is 5.21. The van der Waals surface area contributed by atoms with E-state index in [1.54, 1.807) is 0 Å². The third-order valence-electron chi connectivity index (χ3n) is 4.35. The summed E-state index contributed by atoms with van der Waals surface area (Å²) in [7, 11) is 0. The van der Waals surface area contributed by atoms with Crippen LogP contribution in [0.25, 0.3) is 11.1 Å². The largest absolute Gasteiger partial charge is 0.329 e. The average molecular weight is 326 g/mol. The van der Waals surface area contributed by atoms with Crippen LogP contribution in [0.5, 0.6) is 0 Å². The molecule has 0 bridgehead atoms. The number of hydrogen-bond acceptors (Lipinski definition) is 3. The van der Waals surface area contributed by atoms with Crippen LogP contribution in [0.3, 0.4) is 0 Å². The Morgan fingerprint density at radius 3 is 2.70 bits per heavy atom. The van der Waals surface area contributed by atoms with Crippen molar-refractivity contribution in [2.75, 3.05) is 6.54 Å². The highest BCUT2D eigenvalue weighted by atomic mass is 35.5. The Bertz CT molecular complexity index is 827. The van der Waals surface area contributed by atoms with Crippen molar-refractivity contribution in [3.63, 3.8) is 0 Å². The van der Waals surface area contributed by atoms with Gasteiger partial charge in [-0.2, -0.15) is 0 Å². The third kappa shape index (κ3) is 2.39.